The Morgan fingerprint density at radius 3 is 2.32 bits per heavy atom. The summed E-state index contributed by atoms with van der Waals surface area (Å²) in [6.07, 6.45) is 0.579. The van der Waals surface area contributed by atoms with E-state index in [2.05, 4.69) is 0 Å². The maximum atomic E-state index is 13.4. The molecule has 7 nitrogen and oxygen atoms in total. The zero-order chi connectivity index (χ0) is 18.8. The van der Waals surface area contributed by atoms with Gasteiger partial charge >= 0.3 is 7.60 Å². The summed E-state index contributed by atoms with van der Waals surface area (Å²) < 4.78 is 35.1. The first-order valence-corrected chi connectivity index (χ1v) is 9.52. The number of nitriles is 1. The molecule has 0 saturated carbocycles. The second-order valence-corrected chi connectivity index (χ2v) is 8.02. The Kier molecular flexibility index (Phi) is 5.86. The van der Waals surface area contributed by atoms with E-state index < -0.39 is 19.8 Å². The zero-order valence-electron chi connectivity index (χ0n) is 14.3. The van der Waals surface area contributed by atoms with E-state index in [1.165, 1.54) is 6.26 Å². The van der Waals surface area contributed by atoms with Gasteiger partial charge in [0.1, 0.15) is 16.9 Å². The first-order chi connectivity index (χ1) is 11.7. The first kappa shape index (κ1) is 19.4. The molecular formula is C16H19N2O5PS. The van der Waals surface area contributed by atoms with Crippen LogP contribution in [0.15, 0.2) is 27.2 Å². The molecule has 134 valence electrons. The van der Waals surface area contributed by atoms with Crippen molar-refractivity contribution in [3.8, 4) is 17.6 Å². The highest BCUT2D eigenvalue weighted by Crippen LogP contribution is 2.52. The average molecular weight is 382 g/mol. The van der Waals surface area contributed by atoms with Gasteiger partial charge in [-0.1, -0.05) is 12.2 Å². The van der Waals surface area contributed by atoms with Crippen LogP contribution in [-0.4, -0.2) is 12.2 Å². The minimum atomic E-state index is -3.90. The highest BCUT2D eigenvalue weighted by atomic mass is 32.1. The van der Waals surface area contributed by atoms with Crippen molar-refractivity contribution in [3.63, 3.8) is 0 Å². The number of furan rings is 1. The number of nitrogen functional groups attached to an aromatic ring is 1. The maximum absolute atomic E-state index is 13.4. The third-order valence-corrected chi connectivity index (χ3v) is 5.89. The number of hydrogen-bond donors (Lipinski definition) is 1. The van der Waals surface area contributed by atoms with E-state index >= 15 is 0 Å². The van der Waals surface area contributed by atoms with Crippen molar-refractivity contribution in [2.24, 2.45) is 0 Å². The second-order valence-electron chi connectivity index (χ2n) is 5.74. The number of nitrogens with zero attached hydrogens (tertiary/aromatic N) is 1. The fourth-order valence-electron chi connectivity index (χ4n) is 2.17. The van der Waals surface area contributed by atoms with Crippen molar-refractivity contribution in [1.82, 2.24) is 0 Å². The van der Waals surface area contributed by atoms with Crippen molar-refractivity contribution < 1.29 is 22.4 Å². The highest BCUT2D eigenvalue weighted by molar-refractivity contribution is 7.73. The molecule has 25 heavy (non-hydrogen) atoms. The molecule has 2 heterocycles. The summed E-state index contributed by atoms with van der Waals surface area (Å²) in [5.74, 6) is 0.115. The molecule has 0 aromatic carbocycles. The standard InChI is InChI=1S/C16H19N2O5PS/c1-9(2)22-24(19,23-10(3)4)14-15(25)11(8-17)13(21-16(14)18)12-6-5-7-20-12/h5-7,9-10H,18H2,1-4H3. The molecule has 0 saturated heterocycles. The molecule has 0 radical (unpaired) electrons. The van der Waals surface area contributed by atoms with Crippen LogP contribution < -0.4 is 11.0 Å². The maximum Gasteiger partial charge on any atom is 0.368 e. The van der Waals surface area contributed by atoms with Gasteiger partial charge in [0.25, 0.3) is 0 Å². The van der Waals surface area contributed by atoms with Crippen LogP contribution in [0.1, 0.15) is 33.3 Å². The summed E-state index contributed by atoms with van der Waals surface area (Å²) in [5, 5.41) is 9.40. The third kappa shape index (κ3) is 4.02. The van der Waals surface area contributed by atoms with Crippen LogP contribution in [0.2, 0.25) is 0 Å². The van der Waals surface area contributed by atoms with Gasteiger partial charge in [-0.2, -0.15) is 5.26 Å². The molecule has 0 amide bonds. The summed E-state index contributed by atoms with van der Waals surface area (Å²) in [7, 11) is -3.90. The summed E-state index contributed by atoms with van der Waals surface area (Å²) in [6, 6.07) is 5.19. The predicted octanol–water partition coefficient (Wildman–Crippen LogP) is 4.39. The molecular weight excluding hydrogens is 363 g/mol. The molecule has 9 heteroatoms. The normalized spacial score (nSPS) is 11.9. The topological polar surface area (TPSA) is 112 Å². The molecule has 0 spiro atoms. The quantitative estimate of drug-likeness (QED) is 0.578. The largest absolute Gasteiger partial charge is 0.461 e. The third-order valence-electron chi connectivity index (χ3n) is 2.94. The van der Waals surface area contributed by atoms with Gasteiger partial charge < -0.3 is 23.6 Å². The van der Waals surface area contributed by atoms with Crippen molar-refractivity contribution in [2.45, 2.75) is 39.9 Å². The van der Waals surface area contributed by atoms with Gasteiger partial charge in [-0.15, -0.1) is 0 Å². The SMILES string of the molecule is CC(C)OP(=O)(OC(C)C)c1c(N)oc(-c2ccco2)c(C#N)c1=S. The van der Waals surface area contributed by atoms with E-state index in [9.17, 15) is 9.83 Å². The van der Waals surface area contributed by atoms with Gasteiger partial charge in [-0.25, -0.2) is 0 Å². The van der Waals surface area contributed by atoms with Crippen molar-refractivity contribution in [2.75, 3.05) is 5.73 Å². The minimum Gasteiger partial charge on any atom is -0.461 e. The molecule has 0 aliphatic rings. The molecule has 0 unspecified atom stereocenters. The Morgan fingerprint density at radius 2 is 1.88 bits per heavy atom. The van der Waals surface area contributed by atoms with Crippen molar-refractivity contribution in [3.05, 3.63) is 28.5 Å². The van der Waals surface area contributed by atoms with Crippen LogP contribution in [0.3, 0.4) is 0 Å². The Hall–Kier alpha value is -1.91. The minimum absolute atomic E-state index is 0.0194. The van der Waals surface area contributed by atoms with Gasteiger partial charge in [0.2, 0.25) is 5.88 Å². The monoisotopic (exact) mass is 382 g/mol. The number of hydrogen-bond acceptors (Lipinski definition) is 8. The first-order valence-electron chi connectivity index (χ1n) is 7.57. The lowest BCUT2D eigenvalue weighted by Crippen LogP contribution is -2.21. The molecule has 0 bridgehead atoms. The van der Waals surface area contributed by atoms with E-state index in [4.69, 9.17) is 35.8 Å². The smallest absolute Gasteiger partial charge is 0.368 e. The van der Waals surface area contributed by atoms with Crippen LogP contribution in [0.25, 0.3) is 11.5 Å². The molecule has 0 fully saturated rings. The van der Waals surface area contributed by atoms with Gasteiger partial charge in [0.15, 0.2) is 11.5 Å². The van der Waals surface area contributed by atoms with E-state index in [-0.39, 0.29) is 32.8 Å². The lowest BCUT2D eigenvalue weighted by atomic mass is 10.2. The van der Waals surface area contributed by atoms with E-state index in [1.807, 2.05) is 6.07 Å². The second kappa shape index (κ2) is 7.54. The number of anilines is 1. The molecule has 0 aliphatic carbocycles. The van der Waals surface area contributed by atoms with Gasteiger partial charge in [0, 0.05) is 0 Å². The van der Waals surface area contributed by atoms with Crippen LogP contribution in [0.5, 0.6) is 0 Å². The average Bonchev–Trinajstić information content (AvgIpc) is 2.98. The van der Waals surface area contributed by atoms with Crippen LogP contribution in [-0.2, 0) is 13.6 Å². The Labute approximate surface area is 150 Å². The van der Waals surface area contributed by atoms with Gasteiger partial charge in [-0.3, -0.25) is 4.57 Å². The summed E-state index contributed by atoms with van der Waals surface area (Å²) in [4.78, 5) is 0. The zero-order valence-corrected chi connectivity index (χ0v) is 16.0. The van der Waals surface area contributed by atoms with Gasteiger partial charge in [-0.05, 0) is 39.8 Å². The summed E-state index contributed by atoms with van der Waals surface area (Å²) in [6.45, 7) is 6.81. The Bertz CT molecular complexity index is 882. The van der Waals surface area contributed by atoms with E-state index in [1.54, 1.807) is 39.8 Å². The molecule has 0 atom stereocenters. The van der Waals surface area contributed by atoms with Crippen molar-refractivity contribution in [1.29, 1.82) is 5.26 Å². The van der Waals surface area contributed by atoms with E-state index in [0.29, 0.717) is 0 Å². The fourth-order valence-corrected chi connectivity index (χ4v) is 4.79. The summed E-state index contributed by atoms with van der Waals surface area (Å²) >= 11 is 5.36. The number of nitrogens with two attached hydrogens (primary N) is 1. The molecule has 2 N–H and O–H groups in total. The predicted molar refractivity (Wildman–Crippen MR) is 96.1 cm³/mol. The number of rotatable bonds is 6. The summed E-state index contributed by atoms with van der Waals surface area (Å²) in [5.41, 5.74) is 5.95. The highest BCUT2D eigenvalue weighted by Gasteiger charge is 2.37. The Morgan fingerprint density at radius 1 is 1.28 bits per heavy atom. The molecule has 0 aliphatic heterocycles. The molecule has 2 rings (SSSR count). The van der Waals surface area contributed by atoms with Gasteiger partial charge in [0.05, 0.1) is 23.0 Å². The van der Waals surface area contributed by atoms with Crippen LogP contribution >= 0.6 is 19.8 Å². The van der Waals surface area contributed by atoms with Crippen LogP contribution in [0.4, 0.5) is 5.88 Å². The molecule has 2 aromatic rings. The fraction of sp³-hybridized carbons (Fsp3) is 0.375. The Balaban J connectivity index is 2.75. The van der Waals surface area contributed by atoms with E-state index in [0.717, 1.165) is 0 Å². The lowest BCUT2D eigenvalue weighted by molar-refractivity contribution is 0.150. The lowest BCUT2D eigenvalue weighted by Gasteiger charge is -2.23. The van der Waals surface area contributed by atoms with Crippen molar-refractivity contribution >= 4 is 31.0 Å². The molecule has 2 aromatic heterocycles. The van der Waals surface area contributed by atoms with Crippen LogP contribution in [0, 0.1) is 15.8 Å².